The van der Waals surface area contributed by atoms with Gasteiger partial charge in [-0.2, -0.15) is 4.98 Å². The maximum atomic E-state index is 5.79. The van der Waals surface area contributed by atoms with E-state index in [1.165, 1.54) is 0 Å². The van der Waals surface area contributed by atoms with Crippen molar-refractivity contribution in [2.24, 2.45) is 0 Å². The van der Waals surface area contributed by atoms with Gasteiger partial charge in [-0.25, -0.2) is 9.50 Å². The molecule has 0 bridgehead atoms. The summed E-state index contributed by atoms with van der Waals surface area (Å²) in [5.74, 6) is 0.398. The second-order valence-corrected chi connectivity index (χ2v) is 3.58. The molecule has 2 aromatic rings. The molecule has 0 aliphatic heterocycles. The van der Waals surface area contributed by atoms with Gasteiger partial charge in [-0.3, -0.25) is 0 Å². The monoisotopic (exact) mass is 238 g/mol. The Hall–Kier alpha value is -1.62. The molecule has 2 heterocycles. The average molecular weight is 239 g/mol. The second kappa shape index (κ2) is 4.49. The number of halogens is 1. The van der Waals surface area contributed by atoms with Crippen molar-refractivity contribution >= 4 is 17.2 Å². The van der Waals surface area contributed by atoms with Crippen molar-refractivity contribution in [2.75, 3.05) is 6.61 Å². The Kier molecular flexibility index (Phi) is 3.05. The Labute approximate surface area is 97.7 Å². The molecule has 84 valence electrons. The third-order valence-electron chi connectivity index (χ3n) is 2.04. The second-order valence-electron chi connectivity index (χ2n) is 3.25. The summed E-state index contributed by atoms with van der Waals surface area (Å²) < 4.78 is 7.07. The highest BCUT2D eigenvalue weighted by Crippen LogP contribution is 2.18. The van der Waals surface area contributed by atoms with Crippen LogP contribution < -0.4 is 4.74 Å². The van der Waals surface area contributed by atoms with Crippen molar-refractivity contribution in [2.45, 2.75) is 13.3 Å². The van der Waals surface area contributed by atoms with Crippen LogP contribution in [0.5, 0.6) is 5.88 Å². The number of rotatable bonds is 4. The minimum absolute atomic E-state index is 0.141. The van der Waals surface area contributed by atoms with Gasteiger partial charge >= 0.3 is 0 Å². The molecule has 0 fully saturated rings. The number of hydrogen-bond donors (Lipinski definition) is 0. The van der Waals surface area contributed by atoms with Gasteiger partial charge in [0, 0.05) is 0 Å². The summed E-state index contributed by atoms with van der Waals surface area (Å²) in [5.41, 5.74) is 1.46. The van der Waals surface area contributed by atoms with Crippen LogP contribution in [-0.4, -0.2) is 26.2 Å². The molecule has 0 spiro atoms. The summed E-state index contributed by atoms with van der Waals surface area (Å²) in [4.78, 5) is 8.17. The first-order valence-electron chi connectivity index (χ1n) is 4.84. The number of hydrogen-bond acceptors (Lipinski definition) is 4. The molecule has 5 nitrogen and oxygen atoms in total. The van der Waals surface area contributed by atoms with E-state index in [2.05, 4.69) is 21.6 Å². The summed E-state index contributed by atoms with van der Waals surface area (Å²) in [6.45, 7) is 6.00. The van der Waals surface area contributed by atoms with Crippen molar-refractivity contribution in [3.8, 4) is 5.88 Å². The molecule has 0 amide bonds. The lowest BCUT2D eigenvalue weighted by atomic mass is 10.5. The van der Waals surface area contributed by atoms with Crippen molar-refractivity contribution < 1.29 is 4.74 Å². The molecule has 16 heavy (non-hydrogen) atoms. The van der Waals surface area contributed by atoms with Crippen molar-refractivity contribution in [1.82, 2.24) is 19.6 Å². The molecular weight excluding hydrogens is 228 g/mol. The fourth-order valence-corrected chi connectivity index (χ4v) is 1.43. The maximum absolute atomic E-state index is 5.79. The van der Waals surface area contributed by atoms with Gasteiger partial charge in [0.25, 0.3) is 5.88 Å². The molecule has 0 atom stereocenters. The third kappa shape index (κ3) is 1.99. The first kappa shape index (κ1) is 10.9. The molecule has 0 N–H and O–H groups in total. The Bertz CT molecular complexity index is 523. The Morgan fingerprint density at radius 1 is 1.62 bits per heavy atom. The number of ether oxygens (including phenoxy) is 1. The molecule has 0 saturated heterocycles. The molecule has 0 saturated carbocycles. The zero-order valence-electron chi connectivity index (χ0n) is 8.85. The number of fused-ring (bicyclic) bond motifs is 1. The first-order chi connectivity index (χ1) is 7.72. The molecule has 0 aromatic carbocycles. The van der Waals surface area contributed by atoms with E-state index in [4.69, 9.17) is 16.3 Å². The predicted octanol–water partition coefficient (Wildman–Crippen LogP) is 2.04. The highest BCUT2D eigenvalue weighted by atomic mass is 35.5. The van der Waals surface area contributed by atoms with Gasteiger partial charge in [0.1, 0.15) is 0 Å². The lowest BCUT2D eigenvalue weighted by Crippen LogP contribution is -2.04. The lowest BCUT2D eigenvalue weighted by Gasteiger charge is -2.05. The molecule has 2 aromatic heterocycles. The Morgan fingerprint density at radius 2 is 2.44 bits per heavy atom. The number of aromatic nitrogens is 4. The summed E-state index contributed by atoms with van der Waals surface area (Å²) in [5, 5.41) is 4.17. The average Bonchev–Trinajstić information content (AvgIpc) is 2.61. The predicted molar refractivity (Wildman–Crippen MR) is 60.8 cm³/mol. The minimum Gasteiger partial charge on any atom is -0.475 e. The fraction of sp³-hybridized carbons (Fsp3) is 0.300. The van der Waals surface area contributed by atoms with Crippen LogP contribution in [0, 0.1) is 6.92 Å². The van der Waals surface area contributed by atoms with E-state index in [-0.39, 0.29) is 5.28 Å². The Morgan fingerprint density at radius 3 is 3.19 bits per heavy atom. The quantitative estimate of drug-likeness (QED) is 0.604. The molecular formula is C10H11ClN4O. The lowest BCUT2D eigenvalue weighted by molar-refractivity contribution is 0.313. The normalized spacial score (nSPS) is 10.6. The summed E-state index contributed by atoms with van der Waals surface area (Å²) in [6, 6.07) is 0. The largest absolute Gasteiger partial charge is 0.475 e. The Balaban J connectivity index is 2.39. The van der Waals surface area contributed by atoms with Crippen molar-refractivity contribution in [1.29, 1.82) is 0 Å². The van der Waals surface area contributed by atoms with E-state index in [1.54, 1.807) is 16.8 Å². The molecule has 0 radical (unpaired) electrons. The van der Waals surface area contributed by atoms with E-state index >= 15 is 0 Å². The van der Waals surface area contributed by atoms with Crippen molar-refractivity contribution in [3.63, 3.8) is 0 Å². The van der Waals surface area contributed by atoms with Crippen LogP contribution in [0.1, 0.15) is 12.1 Å². The van der Waals surface area contributed by atoms with Crippen LogP contribution in [0.2, 0.25) is 5.28 Å². The smallest absolute Gasteiger partial charge is 0.262 e. The highest BCUT2D eigenvalue weighted by molar-refractivity contribution is 6.28. The minimum atomic E-state index is 0.141. The molecule has 2 rings (SSSR count). The third-order valence-corrected chi connectivity index (χ3v) is 2.20. The van der Waals surface area contributed by atoms with E-state index in [0.29, 0.717) is 18.1 Å². The van der Waals surface area contributed by atoms with Gasteiger partial charge in [0.15, 0.2) is 0 Å². The zero-order valence-corrected chi connectivity index (χ0v) is 9.61. The van der Waals surface area contributed by atoms with Gasteiger partial charge in [-0.15, -0.1) is 11.7 Å². The van der Waals surface area contributed by atoms with E-state index in [9.17, 15) is 0 Å². The highest BCUT2D eigenvalue weighted by Gasteiger charge is 2.10. The number of imidazole rings is 1. The molecule has 0 unspecified atom stereocenters. The zero-order chi connectivity index (χ0) is 11.5. The molecule has 0 aliphatic carbocycles. The van der Waals surface area contributed by atoms with Crippen LogP contribution in [0.4, 0.5) is 0 Å². The summed E-state index contributed by atoms with van der Waals surface area (Å²) in [7, 11) is 0. The van der Waals surface area contributed by atoms with Gasteiger partial charge in [-0.1, -0.05) is 6.08 Å². The van der Waals surface area contributed by atoms with E-state index < -0.39 is 0 Å². The summed E-state index contributed by atoms with van der Waals surface area (Å²) >= 11 is 5.79. The van der Waals surface area contributed by atoms with Crippen LogP contribution in [-0.2, 0) is 0 Å². The van der Waals surface area contributed by atoms with Gasteiger partial charge in [0.05, 0.1) is 18.5 Å². The van der Waals surface area contributed by atoms with Gasteiger partial charge in [0.2, 0.25) is 10.9 Å². The van der Waals surface area contributed by atoms with Crippen LogP contribution in [0.25, 0.3) is 5.65 Å². The molecule has 0 aliphatic rings. The first-order valence-corrected chi connectivity index (χ1v) is 5.21. The van der Waals surface area contributed by atoms with E-state index in [0.717, 1.165) is 12.1 Å². The van der Waals surface area contributed by atoms with E-state index in [1.807, 2.05) is 6.92 Å². The SMILES string of the molecule is C=CCCOc1nc(Cl)nn2c(C)cnc12. The van der Waals surface area contributed by atoms with Crippen LogP contribution in [0.15, 0.2) is 18.9 Å². The van der Waals surface area contributed by atoms with Gasteiger partial charge < -0.3 is 4.74 Å². The fourth-order valence-electron chi connectivity index (χ4n) is 1.28. The van der Waals surface area contributed by atoms with Gasteiger partial charge in [-0.05, 0) is 24.9 Å². The topological polar surface area (TPSA) is 52.3 Å². The summed E-state index contributed by atoms with van der Waals surface area (Å²) in [6.07, 6.45) is 4.21. The maximum Gasteiger partial charge on any atom is 0.262 e. The van der Waals surface area contributed by atoms with Crippen molar-refractivity contribution in [3.05, 3.63) is 29.8 Å². The number of aryl methyl sites for hydroxylation is 1. The van der Waals surface area contributed by atoms with Crippen LogP contribution >= 0.6 is 11.6 Å². The number of nitrogens with zero attached hydrogens (tertiary/aromatic N) is 4. The standard InChI is InChI=1S/C10H11ClN4O/c1-3-4-5-16-9-8-12-6-7(2)15(8)14-10(11)13-9/h3,6H,1,4-5H2,2H3. The molecule has 6 heteroatoms. The van der Waals surface area contributed by atoms with Crippen LogP contribution in [0.3, 0.4) is 0 Å².